The second-order valence-corrected chi connectivity index (χ2v) is 4.82. The smallest absolute Gasteiger partial charge is 0.337 e. The van der Waals surface area contributed by atoms with Crippen molar-refractivity contribution in [1.29, 1.82) is 0 Å². The zero-order valence-corrected chi connectivity index (χ0v) is 11.8. The Morgan fingerprint density at radius 3 is 2.00 bits per heavy atom. The van der Waals surface area contributed by atoms with Crippen LogP contribution in [0.15, 0.2) is 60.7 Å². The van der Waals surface area contributed by atoms with Crippen molar-refractivity contribution >= 4 is 24.4 Å². The Bertz CT molecular complexity index is 657. The Labute approximate surface area is 127 Å². The predicted molar refractivity (Wildman–Crippen MR) is 81.6 cm³/mol. The summed E-state index contributed by atoms with van der Waals surface area (Å²) in [6.45, 7) is 0. The number of rotatable bonds is 7. The Morgan fingerprint density at radius 1 is 1.00 bits per heavy atom. The van der Waals surface area contributed by atoms with Gasteiger partial charge in [-0.25, -0.2) is 4.79 Å². The maximum atomic E-state index is 11.8. The molecule has 2 aromatic rings. The van der Waals surface area contributed by atoms with Gasteiger partial charge in [-0.3, -0.25) is 9.69 Å². The number of nitrogens with zero attached hydrogens (tertiary/aromatic N) is 1. The first kappa shape index (κ1) is 15.4. The maximum Gasteiger partial charge on any atom is 0.337 e. The summed E-state index contributed by atoms with van der Waals surface area (Å²) in [4.78, 5) is 35.9. The summed E-state index contributed by atoms with van der Waals surface area (Å²) >= 11 is 0. The van der Waals surface area contributed by atoms with Gasteiger partial charge in [0.1, 0.15) is 0 Å². The molecule has 0 spiro atoms. The van der Waals surface area contributed by atoms with Crippen molar-refractivity contribution in [3.63, 3.8) is 0 Å². The molecule has 2 aromatic carbocycles. The van der Waals surface area contributed by atoms with E-state index in [1.807, 2.05) is 0 Å². The zero-order valence-electron chi connectivity index (χ0n) is 11.8. The summed E-state index contributed by atoms with van der Waals surface area (Å²) in [7, 11) is 0. The first-order valence-electron chi connectivity index (χ1n) is 6.67. The molecule has 0 saturated heterocycles. The van der Waals surface area contributed by atoms with Crippen LogP contribution in [0.2, 0.25) is 0 Å². The first-order valence-corrected chi connectivity index (χ1v) is 6.67. The first-order chi connectivity index (χ1) is 10.6. The van der Waals surface area contributed by atoms with Gasteiger partial charge in [-0.1, -0.05) is 48.5 Å². The molecule has 1 amide bonds. The number of carbonyl (C=O) groups is 3. The lowest BCUT2D eigenvalue weighted by molar-refractivity contribution is -0.146. The molecule has 0 aromatic heterocycles. The van der Waals surface area contributed by atoms with E-state index < -0.39 is 11.5 Å². The topological polar surface area (TPSA) is 74.7 Å². The van der Waals surface area contributed by atoms with Gasteiger partial charge in [-0.15, -0.1) is 0 Å². The van der Waals surface area contributed by atoms with Gasteiger partial charge in [0.05, 0.1) is 0 Å². The zero-order chi connectivity index (χ0) is 16.0. The van der Waals surface area contributed by atoms with Crippen molar-refractivity contribution in [1.82, 2.24) is 0 Å². The Balaban J connectivity index is 2.50. The quantitative estimate of drug-likeness (QED) is 0.626. The van der Waals surface area contributed by atoms with Crippen molar-refractivity contribution in [3.8, 4) is 0 Å². The molecule has 2 rings (SSSR count). The molecule has 5 heteroatoms. The van der Waals surface area contributed by atoms with E-state index in [9.17, 15) is 19.5 Å². The highest BCUT2D eigenvalue weighted by atomic mass is 16.4. The van der Waals surface area contributed by atoms with E-state index in [4.69, 9.17) is 0 Å². The van der Waals surface area contributed by atoms with E-state index >= 15 is 0 Å². The number of carboxylic acid groups (broad SMARTS) is 1. The van der Waals surface area contributed by atoms with E-state index in [0.717, 1.165) is 4.90 Å². The summed E-state index contributed by atoms with van der Waals surface area (Å²) in [6.07, 6.45) is 0.574. The highest BCUT2D eigenvalue weighted by Gasteiger charge is 2.45. The number of amides is 1. The number of aliphatic carboxylic acids is 1. The van der Waals surface area contributed by atoms with Crippen LogP contribution in [0.25, 0.3) is 0 Å². The Kier molecular flexibility index (Phi) is 4.68. The molecular weight excluding hydrogens is 282 g/mol. The van der Waals surface area contributed by atoms with Crippen LogP contribution in [0.5, 0.6) is 0 Å². The molecule has 0 fully saturated rings. The largest absolute Gasteiger partial charge is 0.479 e. The standard InChI is InChI=1S/C17H15NO4/c19-12-17(16(21)22,11-14-7-3-1-4-8-14)18(13-20)15-9-5-2-6-10-15/h1-10,12-13H,11H2,(H,21,22)/t17-/m0/s1. The molecule has 0 unspecified atom stereocenters. The fourth-order valence-corrected chi connectivity index (χ4v) is 2.29. The highest BCUT2D eigenvalue weighted by molar-refractivity contribution is 6.06. The van der Waals surface area contributed by atoms with Crippen molar-refractivity contribution in [2.75, 3.05) is 4.90 Å². The summed E-state index contributed by atoms with van der Waals surface area (Å²) in [6, 6.07) is 17.0. The molecule has 0 radical (unpaired) electrons. The van der Waals surface area contributed by atoms with Gasteiger partial charge in [0.2, 0.25) is 11.9 Å². The van der Waals surface area contributed by atoms with Gasteiger partial charge < -0.3 is 9.90 Å². The summed E-state index contributed by atoms with van der Waals surface area (Å²) in [5.41, 5.74) is -0.979. The molecule has 0 bridgehead atoms. The summed E-state index contributed by atoms with van der Waals surface area (Å²) in [5.74, 6) is -1.37. The SMILES string of the molecule is O=CN(c1ccccc1)[C@](C=O)(Cc1ccccc1)C(=O)O. The minimum absolute atomic E-state index is 0.111. The average molecular weight is 297 g/mol. The summed E-state index contributed by atoms with van der Waals surface area (Å²) in [5, 5.41) is 9.62. The van der Waals surface area contributed by atoms with Crippen LogP contribution in [-0.4, -0.2) is 29.3 Å². The number of carbonyl (C=O) groups excluding carboxylic acids is 2. The second-order valence-electron chi connectivity index (χ2n) is 4.82. The van der Waals surface area contributed by atoms with Crippen molar-refractivity contribution in [2.24, 2.45) is 0 Å². The van der Waals surface area contributed by atoms with Crippen LogP contribution in [0, 0.1) is 0 Å². The number of para-hydroxylation sites is 1. The molecule has 0 aliphatic rings. The van der Waals surface area contributed by atoms with Gasteiger partial charge in [0.25, 0.3) is 0 Å². The summed E-state index contributed by atoms with van der Waals surface area (Å²) < 4.78 is 0. The van der Waals surface area contributed by atoms with Gasteiger partial charge in [0, 0.05) is 12.1 Å². The molecule has 0 aliphatic heterocycles. The highest BCUT2D eigenvalue weighted by Crippen LogP contribution is 2.25. The Hall–Kier alpha value is -2.95. The third-order valence-corrected chi connectivity index (χ3v) is 3.45. The number of carboxylic acids is 1. The number of hydrogen-bond donors (Lipinski definition) is 1. The van der Waals surface area contributed by atoms with Gasteiger partial charge in [0.15, 0.2) is 6.29 Å². The number of anilines is 1. The van der Waals surface area contributed by atoms with Gasteiger partial charge in [-0.05, 0) is 17.7 Å². The van der Waals surface area contributed by atoms with E-state index in [1.165, 1.54) is 0 Å². The fourth-order valence-electron chi connectivity index (χ4n) is 2.29. The normalized spacial score (nSPS) is 12.9. The lowest BCUT2D eigenvalue weighted by Crippen LogP contribution is -2.57. The van der Waals surface area contributed by atoms with E-state index in [-0.39, 0.29) is 6.42 Å². The van der Waals surface area contributed by atoms with Gasteiger partial charge in [-0.2, -0.15) is 0 Å². The monoisotopic (exact) mass is 297 g/mol. The fraction of sp³-hybridized carbons (Fsp3) is 0.118. The molecule has 112 valence electrons. The van der Waals surface area contributed by atoms with Crippen molar-refractivity contribution in [2.45, 2.75) is 12.0 Å². The van der Waals surface area contributed by atoms with Crippen LogP contribution in [0.3, 0.4) is 0 Å². The molecular formula is C17H15NO4. The van der Waals surface area contributed by atoms with Gasteiger partial charge >= 0.3 is 5.97 Å². The number of hydrogen-bond acceptors (Lipinski definition) is 3. The maximum absolute atomic E-state index is 11.8. The number of aldehydes is 1. The van der Waals surface area contributed by atoms with Crippen LogP contribution >= 0.6 is 0 Å². The third-order valence-electron chi connectivity index (χ3n) is 3.45. The van der Waals surface area contributed by atoms with E-state index in [2.05, 4.69) is 0 Å². The second kappa shape index (κ2) is 6.67. The van der Waals surface area contributed by atoms with E-state index in [0.29, 0.717) is 23.9 Å². The molecule has 1 atom stereocenters. The Morgan fingerprint density at radius 2 is 1.55 bits per heavy atom. The molecule has 0 aliphatic carbocycles. The van der Waals surface area contributed by atoms with Crippen LogP contribution < -0.4 is 4.90 Å². The molecule has 22 heavy (non-hydrogen) atoms. The lowest BCUT2D eigenvalue weighted by atomic mass is 9.90. The lowest BCUT2D eigenvalue weighted by Gasteiger charge is -2.33. The minimum atomic E-state index is -1.98. The third kappa shape index (κ3) is 2.88. The molecule has 1 N–H and O–H groups in total. The van der Waals surface area contributed by atoms with Crippen LogP contribution in [-0.2, 0) is 20.8 Å². The van der Waals surface area contributed by atoms with Crippen LogP contribution in [0.1, 0.15) is 5.56 Å². The van der Waals surface area contributed by atoms with Crippen LogP contribution in [0.4, 0.5) is 5.69 Å². The number of benzene rings is 2. The molecule has 0 heterocycles. The van der Waals surface area contributed by atoms with Crippen molar-refractivity contribution in [3.05, 3.63) is 66.2 Å². The molecule has 5 nitrogen and oxygen atoms in total. The minimum Gasteiger partial charge on any atom is -0.479 e. The average Bonchev–Trinajstić information content (AvgIpc) is 2.56. The predicted octanol–water partition coefficient (Wildman–Crippen LogP) is 1.91. The van der Waals surface area contributed by atoms with E-state index in [1.54, 1.807) is 60.7 Å². The van der Waals surface area contributed by atoms with Crippen molar-refractivity contribution < 1.29 is 19.5 Å². The molecule has 0 saturated carbocycles.